The van der Waals surface area contributed by atoms with E-state index in [1.807, 2.05) is 6.07 Å². The number of carbonyl (C=O) groups excluding carboxylic acids is 1. The lowest BCUT2D eigenvalue weighted by atomic mass is 10.1. The lowest BCUT2D eigenvalue weighted by Crippen LogP contribution is -2.05. The summed E-state index contributed by atoms with van der Waals surface area (Å²) in [7, 11) is 1.33. The van der Waals surface area contributed by atoms with Crippen molar-refractivity contribution in [1.82, 2.24) is 0 Å². The molecule has 0 fully saturated rings. The molecule has 1 rings (SSSR count). The summed E-state index contributed by atoms with van der Waals surface area (Å²) < 4.78 is 4.61. The largest absolute Gasteiger partial charge is 0.465 e. The van der Waals surface area contributed by atoms with Gasteiger partial charge >= 0.3 is 5.97 Å². The van der Waals surface area contributed by atoms with Crippen LogP contribution in [-0.4, -0.2) is 24.5 Å². The summed E-state index contributed by atoms with van der Waals surface area (Å²) in [5.74, 6) is -0.382. The average Bonchev–Trinajstić information content (AvgIpc) is 2.25. The Kier molecular flexibility index (Phi) is 3.67. The molecule has 0 atom stereocenters. The van der Waals surface area contributed by atoms with Crippen LogP contribution in [0, 0.1) is 0 Å². The van der Waals surface area contributed by atoms with E-state index in [2.05, 4.69) is 9.89 Å². The third-order valence-electron chi connectivity index (χ3n) is 1.82. The summed E-state index contributed by atoms with van der Waals surface area (Å²) in [5, 5.41) is 11.1. The molecule has 0 bridgehead atoms. The number of benzene rings is 1. The molecule has 0 aromatic heterocycles. The van der Waals surface area contributed by atoms with Crippen LogP contribution in [0.1, 0.15) is 15.9 Å². The van der Waals surface area contributed by atoms with Crippen molar-refractivity contribution in [3.63, 3.8) is 0 Å². The summed E-state index contributed by atoms with van der Waals surface area (Å²) in [6.07, 6.45) is 1.73. The van der Waals surface area contributed by atoms with Gasteiger partial charge in [-0.15, -0.1) is 5.16 Å². The molecule has 0 amide bonds. The van der Waals surface area contributed by atoms with E-state index in [9.17, 15) is 4.79 Å². The molecule has 1 aromatic rings. The van der Waals surface area contributed by atoms with Crippen molar-refractivity contribution in [2.75, 3.05) is 7.11 Å². The van der Waals surface area contributed by atoms with E-state index in [1.54, 1.807) is 18.2 Å². The third kappa shape index (κ3) is 2.32. The van der Waals surface area contributed by atoms with E-state index in [0.717, 1.165) is 5.56 Å². The molecule has 4 heteroatoms. The molecule has 0 saturated heterocycles. The number of hydrogen-bond donors (Lipinski definition) is 1. The molecular weight excluding hydrogens is 182 g/mol. The molecule has 0 aliphatic carbocycles. The summed E-state index contributed by atoms with van der Waals surface area (Å²) >= 11 is 0. The number of carbonyl (C=O) groups is 1. The molecule has 4 nitrogen and oxygen atoms in total. The van der Waals surface area contributed by atoms with Crippen molar-refractivity contribution in [2.45, 2.75) is 6.42 Å². The first-order valence-corrected chi connectivity index (χ1v) is 4.11. The van der Waals surface area contributed by atoms with Crippen LogP contribution >= 0.6 is 0 Å². The minimum atomic E-state index is -0.382. The normalized spacial score (nSPS) is 10.4. The standard InChI is InChI=1S/C10H11NO3/c1-14-10(12)9-5-3-2-4-8(9)6-7-11-13/h2-5,7,13H,6H2,1H3. The fraction of sp³-hybridized carbons (Fsp3) is 0.200. The van der Waals surface area contributed by atoms with Crippen molar-refractivity contribution < 1.29 is 14.7 Å². The fourth-order valence-electron chi connectivity index (χ4n) is 1.15. The molecule has 0 heterocycles. The van der Waals surface area contributed by atoms with Gasteiger partial charge in [0.15, 0.2) is 0 Å². The molecular formula is C10H11NO3. The summed E-state index contributed by atoms with van der Waals surface area (Å²) in [6.45, 7) is 0. The van der Waals surface area contributed by atoms with Crippen molar-refractivity contribution in [2.24, 2.45) is 5.16 Å². The van der Waals surface area contributed by atoms with Crippen molar-refractivity contribution >= 4 is 12.2 Å². The Morgan fingerprint density at radius 3 is 2.93 bits per heavy atom. The number of oxime groups is 1. The maximum absolute atomic E-state index is 11.3. The minimum Gasteiger partial charge on any atom is -0.465 e. The second-order valence-electron chi connectivity index (χ2n) is 2.65. The van der Waals surface area contributed by atoms with Gasteiger partial charge in [-0.3, -0.25) is 0 Å². The van der Waals surface area contributed by atoms with Crippen LogP contribution in [0.5, 0.6) is 0 Å². The van der Waals surface area contributed by atoms with E-state index in [-0.39, 0.29) is 5.97 Å². The molecule has 0 aliphatic heterocycles. The molecule has 0 spiro atoms. The second kappa shape index (κ2) is 5.01. The van der Waals surface area contributed by atoms with E-state index in [0.29, 0.717) is 12.0 Å². The Hall–Kier alpha value is -1.84. The highest BCUT2D eigenvalue weighted by Gasteiger charge is 2.09. The number of methoxy groups -OCH3 is 1. The van der Waals surface area contributed by atoms with Crippen LogP contribution in [0.2, 0.25) is 0 Å². The predicted molar refractivity (Wildman–Crippen MR) is 51.8 cm³/mol. The van der Waals surface area contributed by atoms with Crippen molar-refractivity contribution in [3.05, 3.63) is 35.4 Å². The first-order chi connectivity index (χ1) is 6.79. The summed E-state index contributed by atoms with van der Waals surface area (Å²) in [6, 6.07) is 7.03. The first kappa shape index (κ1) is 10.2. The number of nitrogens with zero attached hydrogens (tertiary/aromatic N) is 1. The Morgan fingerprint density at radius 2 is 2.29 bits per heavy atom. The van der Waals surface area contributed by atoms with Gasteiger partial charge in [0.25, 0.3) is 0 Å². The van der Waals surface area contributed by atoms with Gasteiger partial charge in [0.1, 0.15) is 0 Å². The van der Waals surface area contributed by atoms with E-state index in [1.165, 1.54) is 13.3 Å². The molecule has 0 unspecified atom stereocenters. The first-order valence-electron chi connectivity index (χ1n) is 4.11. The lowest BCUT2D eigenvalue weighted by molar-refractivity contribution is 0.0599. The predicted octanol–water partition coefficient (Wildman–Crippen LogP) is 1.48. The number of rotatable bonds is 3. The zero-order chi connectivity index (χ0) is 10.4. The fourth-order valence-corrected chi connectivity index (χ4v) is 1.15. The summed E-state index contributed by atoms with van der Waals surface area (Å²) in [4.78, 5) is 11.3. The van der Waals surface area contributed by atoms with Crippen molar-refractivity contribution in [1.29, 1.82) is 0 Å². The average molecular weight is 193 g/mol. The molecule has 74 valence electrons. The molecule has 0 saturated carbocycles. The lowest BCUT2D eigenvalue weighted by Gasteiger charge is -2.04. The van der Waals surface area contributed by atoms with Gasteiger partial charge in [0, 0.05) is 12.6 Å². The van der Waals surface area contributed by atoms with Gasteiger partial charge in [-0.1, -0.05) is 18.2 Å². The molecule has 0 aliphatic rings. The van der Waals surface area contributed by atoms with Gasteiger partial charge in [-0.25, -0.2) is 4.79 Å². The van der Waals surface area contributed by atoms with Gasteiger partial charge in [0.05, 0.1) is 12.7 Å². The third-order valence-corrected chi connectivity index (χ3v) is 1.82. The quantitative estimate of drug-likeness (QED) is 0.342. The van der Waals surface area contributed by atoms with Crippen LogP contribution in [0.4, 0.5) is 0 Å². The van der Waals surface area contributed by atoms with Crippen LogP contribution in [-0.2, 0) is 11.2 Å². The Bertz CT molecular complexity index is 347. The highest BCUT2D eigenvalue weighted by molar-refractivity contribution is 5.91. The number of esters is 1. The number of hydrogen-bond acceptors (Lipinski definition) is 4. The topological polar surface area (TPSA) is 58.9 Å². The van der Waals surface area contributed by atoms with Crippen LogP contribution in [0.25, 0.3) is 0 Å². The molecule has 14 heavy (non-hydrogen) atoms. The highest BCUT2D eigenvalue weighted by atomic mass is 16.5. The van der Waals surface area contributed by atoms with Gasteiger partial charge < -0.3 is 9.94 Å². The van der Waals surface area contributed by atoms with Crippen LogP contribution < -0.4 is 0 Å². The Labute approximate surface area is 81.8 Å². The Balaban J connectivity index is 2.96. The maximum atomic E-state index is 11.3. The van der Waals surface area contributed by atoms with Gasteiger partial charge in [-0.2, -0.15) is 0 Å². The SMILES string of the molecule is COC(=O)c1ccccc1CC=NO. The summed E-state index contributed by atoms with van der Waals surface area (Å²) in [5.41, 5.74) is 1.27. The van der Waals surface area contributed by atoms with E-state index >= 15 is 0 Å². The molecule has 0 radical (unpaired) electrons. The van der Waals surface area contributed by atoms with Crippen LogP contribution in [0.15, 0.2) is 29.4 Å². The minimum absolute atomic E-state index is 0.382. The van der Waals surface area contributed by atoms with Gasteiger partial charge in [0.2, 0.25) is 0 Å². The van der Waals surface area contributed by atoms with Gasteiger partial charge in [-0.05, 0) is 11.6 Å². The highest BCUT2D eigenvalue weighted by Crippen LogP contribution is 2.09. The van der Waals surface area contributed by atoms with Crippen molar-refractivity contribution in [3.8, 4) is 0 Å². The molecule has 1 aromatic carbocycles. The van der Waals surface area contributed by atoms with Crippen LogP contribution in [0.3, 0.4) is 0 Å². The smallest absolute Gasteiger partial charge is 0.338 e. The maximum Gasteiger partial charge on any atom is 0.338 e. The molecule has 1 N–H and O–H groups in total. The zero-order valence-corrected chi connectivity index (χ0v) is 7.80. The second-order valence-corrected chi connectivity index (χ2v) is 2.65. The monoisotopic (exact) mass is 193 g/mol. The van der Waals surface area contributed by atoms with E-state index in [4.69, 9.17) is 5.21 Å². The Morgan fingerprint density at radius 1 is 1.57 bits per heavy atom. The number of ether oxygens (including phenoxy) is 1. The zero-order valence-electron chi connectivity index (χ0n) is 7.80. The van der Waals surface area contributed by atoms with E-state index < -0.39 is 0 Å².